The lowest BCUT2D eigenvalue weighted by atomic mass is 10.2. The smallest absolute Gasteiger partial charge is 0.356 e. The molecule has 0 unspecified atom stereocenters. The number of carboxylic acids is 1. The summed E-state index contributed by atoms with van der Waals surface area (Å²) in [5, 5.41) is 8.86. The number of thioether (sulfide) groups is 1. The van der Waals surface area contributed by atoms with Crippen molar-refractivity contribution in [1.29, 1.82) is 0 Å². The molecule has 0 fully saturated rings. The minimum absolute atomic E-state index is 0.229. The Morgan fingerprint density at radius 2 is 2.10 bits per heavy atom. The molecule has 6 nitrogen and oxygen atoms in total. The minimum Gasteiger partial charge on any atom is -0.476 e. The molecule has 20 heavy (non-hydrogen) atoms. The van der Waals surface area contributed by atoms with Crippen molar-refractivity contribution in [3.8, 4) is 0 Å². The predicted octanol–water partition coefficient (Wildman–Crippen LogP) is 2.04. The van der Waals surface area contributed by atoms with Gasteiger partial charge in [0.25, 0.3) is 10.0 Å². The van der Waals surface area contributed by atoms with Gasteiger partial charge in [-0.3, -0.25) is 0 Å². The van der Waals surface area contributed by atoms with E-state index in [-0.39, 0.29) is 4.21 Å². The number of aromatic nitrogens is 1. The Labute approximate surface area is 127 Å². The van der Waals surface area contributed by atoms with Crippen molar-refractivity contribution in [2.45, 2.75) is 29.9 Å². The van der Waals surface area contributed by atoms with E-state index >= 15 is 0 Å². The molecule has 0 aliphatic carbocycles. The van der Waals surface area contributed by atoms with Crippen molar-refractivity contribution < 1.29 is 18.3 Å². The van der Waals surface area contributed by atoms with E-state index in [4.69, 9.17) is 5.11 Å². The van der Waals surface area contributed by atoms with Crippen LogP contribution in [0.1, 0.15) is 36.2 Å². The second-order valence-corrected chi connectivity index (χ2v) is 7.90. The Morgan fingerprint density at radius 1 is 1.40 bits per heavy atom. The van der Waals surface area contributed by atoms with E-state index in [2.05, 4.69) is 16.0 Å². The number of nitrogens with zero attached hydrogens (tertiary/aromatic N) is 1. The van der Waals surface area contributed by atoms with E-state index in [1.165, 1.54) is 5.51 Å². The third-order valence-electron chi connectivity index (χ3n) is 2.55. The molecule has 0 amide bonds. The van der Waals surface area contributed by atoms with Crippen molar-refractivity contribution >= 4 is 39.1 Å². The van der Waals surface area contributed by atoms with Crippen LogP contribution in [0.5, 0.6) is 0 Å². The third kappa shape index (κ3) is 5.39. The Balaban J connectivity index is 2.42. The van der Waals surface area contributed by atoms with Crippen LogP contribution in [0.4, 0.5) is 0 Å². The van der Waals surface area contributed by atoms with Crippen molar-refractivity contribution in [3.05, 3.63) is 11.2 Å². The molecule has 0 aliphatic heterocycles. The summed E-state index contributed by atoms with van der Waals surface area (Å²) in [6.45, 7) is 0.318. The fourth-order valence-corrected chi connectivity index (χ4v) is 4.32. The predicted molar refractivity (Wildman–Crippen MR) is 81.1 cm³/mol. The number of hydrogen-bond donors (Lipinski definition) is 2. The Kier molecular flexibility index (Phi) is 7.49. The summed E-state index contributed by atoms with van der Waals surface area (Å²) in [7, 11) is -3.77. The number of sulfonamides is 1. The van der Waals surface area contributed by atoms with Crippen LogP contribution in [0.25, 0.3) is 0 Å². The molecule has 1 heterocycles. The fraction of sp³-hybridized carbons (Fsp3) is 0.636. The van der Waals surface area contributed by atoms with Crippen molar-refractivity contribution in [2.75, 3.05) is 18.6 Å². The van der Waals surface area contributed by atoms with Gasteiger partial charge in [-0.05, 0) is 24.9 Å². The Bertz CT molecular complexity index is 528. The molecule has 114 valence electrons. The zero-order valence-corrected chi connectivity index (χ0v) is 13.6. The van der Waals surface area contributed by atoms with Gasteiger partial charge in [0, 0.05) is 6.54 Å². The van der Waals surface area contributed by atoms with Gasteiger partial charge in [-0.15, -0.1) is 11.3 Å². The average Bonchev–Trinajstić information content (AvgIpc) is 2.88. The summed E-state index contributed by atoms with van der Waals surface area (Å²) < 4.78 is 26.1. The lowest BCUT2D eigenvalue weighted by molar-refractivity contribution is 0.0687. The van der Waals surface area contributed by atoms with Crippen LogP contribution < -0.4 is 4.72 Å². The summed E-state index contributed by atoms with van der Waals surface area (Å²) >= 11 is 2.61. The highest BCUT2D eigenvalue weighted by atomic mass is 32.2. The summed E-state index contributed by atoms with van der Waals surface area (Å²) in [6, 6.07) is 0. The van der Waals surface area contributed by atoms with E-state index in [9.17, 15) is 13.2 Å². The number of carboxylic acid groups (broad SMARTS) is 1. The maximum absolute atomic E-state index is 11.9. The second-order valence-electron chi connectivity index (χ2n) is 4.10. The van der Waals surface area contributed by atoms with Gasteiger partial charge in [0.05, 0.1) is 5.51 Å². The summed E-state index contributed by atoms with van der Waals surface area (Å²) in [4.78, 5) is 14.4. The number of hydrogen-bond acceptors (Lipinski definition) is 6. The molecular formula is C11H18N2O4S3. The zero-order chi connectivity index (χ0) is 15.0. The highest BCUT2D eigenvalue weighted by molar-refractivity contribution is 7.98. The minimum atomic E-state index is -3.77. The van der Waals surface area contributed by atoms with Gasteiger partial charge in [0.1, 0.15) is 0 Å². The number of nitrogens with one attached hydrogen (secondary N) is 1. The standard InChI is InChI=1S/C11H18N2O4S3/c1-18-7-5-3-2-4-6-13-20(16,17)11-9(10(14)15)12-8-19-11/h8,13H,2-7H2,1H3,(H,14,15). The molecule has 9 heteroatoms. The van der Waals surface area contributed by atoms with Gasteiger partial charge in [-0.2, -0.15) is 11.8 Å². The van der Waals surface area contributed by atoms with Crippen LogP contribution in [-0.4, -0.2) is 43.0 Å². The van der Waals surface area contributed by atoms with Gasteiger partial charge >= 0.3 is 5.97 Å². The largest absolute Gasteiger partial charge is 0.476 e. The molecule has 1 rings (SSSR count). The van der Waals surface area contributed by atoms with Crippen LogP contribution in [-0.2, 0) is 10.0 Å². The normalized spacial score (nSPS) is 11.7. The molecule has 1 aromatic rings. The lowest BCUT2D eigenvalue weighted by Gasteiger charge is -2.05. The Hall–Kier alpha value is -0.640. The molecule has 0 bridgehead atoms. The van der Waals surface area contributed by atoms with Crippen molar-refractivity contribution in [3.63, 3.8) is 0 Å². The molecule has 0 radical (unpaired) electrons. The molecule has 1 aromatic heterocycles. The van der Waals surface area contributed by atoms with Crippen molar-refractivity contribution in [1.82, 2.24) is 9.71 Å². The van der Waals surface area contributed by atoms with Crippen molar-refractivity contribution in [2.24, 2.45) is 0 Å². The molecule has 0 saturated carbocycles. The highest BCUT2D eigenvalue weighted by Gasteiger charge is 2.24. The first-order chi connectivity index (χ1) is 9.49. The number of thiazole rings is 1. The number of aromatic carboxylic acids is 1. The zero-order valence-electron chi connectivity index (χ0n) is 11.2. The van der Waals surface area contributed by atoms with Crippen LogP contribution in [0.2, 0.25) is 0 Å². The summed E-state index contributed by atoms with van der Waals surface area (Å²) in [5.41, 5.74) is 0.808. The van der Waals surface area contributed by atoms with E-state index in [1.54, 1.807) is 11.8 Å². The highest BCUT2D eigenvalue weighted by Crippen LogP contribution is 2.19. The van der Waals surface area contributed by atoms with Crippen LogP contribution in [0, 0.1) is 0 Å². The SMILES string of the molecule is CSCCCCCCNS(=O)(=O)c1scnc1C(=O)O. The molecular weight excluding hydrogens is 320 g/mol. The maximum Gasteiger partial charge on any atom is 0.356 e. The lowest BCUT2D eigenvalue weighted by Crippen LogP contribution is -2.25. The molecule has 0 aliphatic rings. The van der Waals surface area contributed by atoms with E-state index < -0.39 is 21.7 Å². The van der Waals surface area contributed by atoms with Crippen LogP contribution in [0.15, 0.2) is 9.72 Å². The summed E-state index contributed by atoms with van der Waals surface area (Å²) in [5.74, 6) is -0.210. The maximum atomic E-state index is 11.9. The first-order valence-electron chi connectivity index (χ1n) is 6.14. The monoisotopic (exact) mass is 338 g/mol. The van der Waals surface area contributed by atoms with E-state index in [1.807, 2.05) is 0 Å². The topological polar surface area (TPSA) is 96.4 Å². The fourth-order valence-electron chi connectivity index (χ4n) is 1.57. The second kappa shape index (κ2) is 8.60. The number of rotatable bonds is 10. The van der Waals surface area contributed by atoms with Crippen LogP contribution >= 0.6 is 23.1 Å². The summed E-state index contributed by atoms with van der Waals surface area (Å²) in [6.07, 6.45) is 5.96. The van der Waals surface area contributed by atoms with E-state index in [0.717, 1.165) is 42.8 Å². The van der Waals surface area contributed by atoms with Crippen LogP contribution in [0.3, 0.4) is 0 Å². The Morgan fingerprint density at radius 3 is 2.75 bits per heavy atom. The molecule has 0 spiro atoms. The molecule has 0 atom stereocenters. The van der Waals surface area contributed by atoms with Gasteiger partial charge in [0.15, 0.2) is 9.90 Å². The van der Waals surface area contributed by atoms with Gasteiger partial charge in [0.2, 0.25) is 0 Å². The van der Waals surface area contributed by atoms with Gasteiger partial charge in [-0.25, -0.2) is 22.9 Å². The quantitative estimate of drug-likeness (QED) is 0.634. The first kappa shape index (κ1) is 17.4. The van der Waals surface area contributed by atoms with E-state index in [0.29, 0.717) is 6.54 Å². The van der Waals surface area contributed by atoms with Gasteiger partial charge in [-0.1, -0.05) is 12.8 Å². The molecule has 0 saturated heterocycles. The first-order valence-corrected chi connectivity index (χ1v) is 9.90. The number of carbonyl (C=O) groups is 1. The molecule has 2 N–H and O–H groups in total. The van der Waals surface area contributed by atoms with Gasteiger partial charge < -0.3 is 5.11 Å². The average molecular weight is 338 g/mol. The third-order valence-corrected chi connectivity index (χ3v) is 6.08. The number of unbranched alkanes of at least 4 members (excludes halogenated alkanes) is 3. The molecule has 0 aromatic carbocycles.